The van der Waals surface area contributed by atoms with Gasteiger partial charge in [-0.3, -0.25) is 4.79 Å². The van der Waals surface area contributed by atoms with Crippen LogP contribution in [0.3, 0.4) is 0 Å². The lowest BCUT2D eigenvalue weighted by Gasteiger charge is -2.10. The predicted octanol–water partition coefficient (Wildman–Crippen LogP) is 3.28. The molecule has 2 aromatic carbocycles. The molecule has 2 aromatic rings. The van der Waals surface area contributed by atoms with Gasteiger partial charge in [0.2, 0.25) is 0 Å². The number of hydrogen-bond acceptors (Lipinski definition) is 4. The van der Waals surface area contributed by atoms with Crippen molar-refractivity contribution in [2.24, 2.45) is 0 Å². The molecule has 0 unspecified atom stereocenters. The summed E-state index contributed by atoms with van der Waals surface area (Å²) in [4.78, 5) is 12.5. The lowest BCUT2D eigenvalue weighted by molar-refractivity contribution is 0.103. The van der Waals surface area contributed by atoms with Gasteiger partial charge < -0.3 is 15.2 Å². The van der Waals surface area contributed by atoms with E-state index in [2.05, 4.69) is 15.9 Å². The number of carbonyl (C=O) groups excluding carboxylic acids is 1. The standard InChI is InChI=1S/C15H14BrNO3/c1-19-12-7-6-9(8-13(12)20-2)15(18)10-4-3-5-11(17)14(10)16/h3-8H,17H2,1-2H3. The van der Waals surface area contributed by atoms with E-state index in [-0.39, 0.29) is 5.78 Å². The number of nitrogen functional groups attached to an aromatic ring is 1. The lowest BCUT2D eigenvalue weighted by Crippen LogP contribution is -2.04. The highest BCUT2D eigenvalue weighted by Crippen LogP contribution is 2.30. The number of benzene rings is 2. The minimum atomic E-state index is -0.134. The third kappa shape index (κ3) is 2.63. The first-order valence-electron chi connectivity index (χ1n) is 5.89. The second-order valence-electron chi connectivity index (χ2n) is 4.11. The molecule has 0 aromatic heterocycles. The summed E-state index contributed by atoms with van der Waals surface area (Å²) in [5.74, 6) is 0.958. The predicted molar refractivity (Wildman–Crippen MR) is 81.5 cm³/mol. The van der Waals surface area contributed by atoms with Crippen molar-refractivity contribution in [3.63, 3.8) is 0 Å². The fraction of sp³-hybridized carbons (Fsp3) is 0.133. The van der Waals surface area contributed by atoms with E-state index in [1.54, 1.807) is 43.5 Å². The van der Waals surface area contributed by atoms with Gasteiger partial charge in [0.05, 0.1) is 18.7 Å². The van der Waals surface area contributed by atoms with Crippen molar-refractivity contribution in [1.29, 1.82) is 0 Å². The molecule has 0 aliphatic carbocycles. The first kappa shape index (κ1) is 14.4. The summed E-state index contributed by atoms with van der Waals surface area (Å²) in [7, 11) is 3.08. The highest BCUT2D eigenvalue weighted by atomic mass is 79.9. The molecular weight excluding hydrogens is 322 g/mol. The van der Waals surface area contributed by atoms with Crippen molar-refractivity contribution in [3.8, 4) is 11.5 Å². The Morgan fingerprint density at radius 1 is 1.10 bits per heavy atom. The Balaban J connectivity index is 2.46. The lowest BCUT2D eigenvalue weighted by atomic mass is 10.0. The summed E-state index contributed by atoms with van der Waals surface area (Å²) in [6.07, 6.45) is 0. The molecule has 0 heterocycles. The van der Waals surface area contributed by atoms with E-state index in [1.807, 2.05) is 0 Å². The van der Waals surface area contributed by atoms with Crippen LogP contribution in [0.5, 0.6) is 11.5 Å². The van der Waals surface area contributed by atoms with Gasteiger partial charge in [-0.15, -0.1) is 0 Å². The zero-order chi connectivity index (χ0) is 14.7. The molecule has 2 N–H and O–H groups in total. The van der Waals surface area contributed by atoms with Crippen LogP contribution in [0, 0.1) is 0 Å². The molecule has 0 fully saturated rings. The molecule has 0 aliphatic heterocycles. The van der Waals surface area contributed by atoms with Gasteiger partial charge in [0.15, 0.2) is 17.3 Å². The van der Waals surface area contributed by atoms with Crippen LogP contribution < -0.4 is 15.2 Å². The quantitative estimate of drug-likeness (QED) is 0.688. The number of anilines is 1. The summed E-state index contributed by atoms with van der Waals surface area (Å²) in [6, 6.07) is 10.2. The molecule has 2 rings (SSSR count). The van der Waals surface area contributed by atoms with Gasteiger partial charge in [0.25, 0.3) is 0 Å². The van der Waals surface area contributed by atoms with E-state index >= 15 is 0 Å². The highest BCUT2D eigenvalue weighted by Gasteiger charge is 2.16. The third-order valence-corrected chi connectivity index (χ3v) is 3.80. The summed E-state index contributed by atoms with van der Waals surface area (Å²) < 4.78 is 11.0. The molecule has 104 valence electrons. The number of methoxy groups -OCH3 is 2. The van der Waals surface area contributed by atoms with Crippen molar-refractivity contribution < 1.29 is 14.3 Å². The molecule has 0 bridgehead atoms. The number of rotatable bonds is 4. The van der Waals surface area contributed by atoms with Crippen LogP contribution >= 0.6 is 15.9 Å². The first-order chi connectivity index (χ1) is 9.58. The van der Waals surface area contributed by atoms with Crippen molar-refractivity contribution >= 4 is 27.4 Å². The smallest absolute Gasteiger partial charge is 0.194 e. The van der Waals surface area contributed by atoms with E-state index in [4.69, 9.17) is 15.2 Å². The second-order valence-corrected chi connectivity index (χ2v) is 4.90. The number of halogens is 1. The van der Waals surface area contributed by atoms with Gasteiger partial charge >= 0.3 is 0 Å². The molecule has 0 saturated heterocycles. The first-order valence-corrected chi connectivity index (χ1v) is 6.68. The number of nitrogens with two attached hydrogens (primary N) is 1. The van der Waals surface area contributed by atoms with Gasteiger partial charge in [-0.2, -0.15) is 0 Å². The summed E-state index contributed by atoms with van der Waals surface area (Å²) >= 11 is 3.34. The normalized spacial score (nSPS) is 10.2. The fourth-order valence-electron chi connectivity index (χ4n) is 1.86. The SMILES string of the molecule is COc1ccc(C(=O)c2cccc(N)c2Br)cc1OC. The molecule has 0 atom stereocenters. The molecule has 0 saturated carbocycles. The Morgan fingerprint density at radius 2 is 1.80 bits per heavy atom. The van der Waals surface area contributed by atoms with Crippen LogP contribution in [0.15, 0.2) is 40.9 Å². The van der Waals surface area contributed by atoms with Crippen LogP contribution in [-0.4, -0.2) is 20.0 Å². The average molecular weight is 336 g/mol. The maximum atomic E-state index is 12.5. The van der Waals surface area contributed by atoms with Crippen molar-refractivity contribution in [3.05, 3.63) is 52.0 Å². The average Bonchev–Trinajstić information content (AvgIpc) is 2.48. The minimum absolute atomic E-state index is 0.134. The Kier molecular flexibility index (Phi) is 4.29. The van der Waals surface area contributed by atoms with Crippen LogP contribution in [0.2, 0.25) is 0 Å². The molecule has 20 heavy (non-hydrogen) atoms. The highest BCUT2D eigenvalue weighted by molar-refractivity contribution is 9.10. The maximum Gasteiger partial charge on any atom is 0.194 e. The van der Waals surface area contributed by atoms with Crippen molar-refractivity contribution in [2.75, 3.05) is 20.0 Å². The molecule has 0 aliphatic rings. The van der Waals surface area contributed by atoms with Crippen LogP contribution in [0.1, 0.15) is 15.9 Å². The molecule has 5 heteroatoms. The van der Waals surface area contributed by atoms with E-state index in [9.17, 15) is 4.79 Å². The van der Waals surface area contributed by atoms with Gasteiger partial charge in [0, 0.05) is 16.8 Å². The number of carbonyl (C=O) groups is 1. The van der Waals surface area contributed by atoms with Crippen molar-refractivity contribution in [2.45, 2.75) is 0 Å². The maximum absolute atomic E-state index is 12.5. The Hall–Kier alpha value is -2.01. The zero-order valence-electron chi connectivity index (χ0n) is 11.1. The minimum Gasteiger partial charge on any atom is -0.493 e. The summed E-state index contributed by atoms with van der Waals surface area (Å²) in [5, 5.41) is 0. The topological polar surface area (TPSA) is 61.5 Å². The van der Waals surface area contributed by atoms with Crippen molar-refractivity contribution in [1.82, 2.24) is 0 Å². The molecule has 0 spiro atoms. The second kappa shape index (κ2) is 5.96. The fourth-order valence-corrected chi connectivity index (χ4v) is 2.30. The van der Waals surface area contributed by atoms with Gasteiger partial charge in [0.1, 0.15) is 0 Å². The molecule has 0 radical (unpaired) electrons. The van der Waals surface area contributed by atoms with Crippen LogP contribution in [0.25, 0.3) is 0 Å². The number of hydrogen-bond donors (Lipinski definition) is 1. The Labute approximate surface area is 125 Å². The molecular formula is C15H14BrNO3. The van der Waals surface area contributed by atoms with Crippen LogP contribution in [0.4, 0.5) is 5.69 Å². The monoisotopic (exact) mass is 335 g/mol. The zero-order valence-corrected chi connectivity index (χ0v) is 12.7. The van der Waals surface area contributed by atoms with E-state index in [0.29, 0.717) is 32.8 Å². The van der Waals surface area contributed by atoms with Gasteiger partial charge in [-0.1, -0.05) is 6.07 Å². The van der Waals surface area contributed by atoms with Crippen LogP contribution in [-0.2, 0) is 0 Å². The Morgan fingerprint density at radius 3 is 2.45 bits per heavy atom. The van der Waals surface area contributed by atoms with E-state index in [0.717, 1.165) is 0 Å². The van der Waals surface area contributed by atoms with Gasteiger partial charge in [-0.05, 0) is 46.3 Å². The van der Waals surface area contributed by atoms with E-state index in [1.165, 1.54) is 7.11 Å². The summed E-state index contributed by atoms with van der Waals surface area (Å²) in [6.45, 7) is 0. The summed E-state index contributed by atoms with van der Waals surface area (Å²) in [5.41, 5.74) is 7.34. The van der Waals surface area contributed by atoms with E-state index < -0.39 is 0 Å². The Bertz CT molecular complexity index is 656. The van der Waals surface area contributed by atoms with Gasteiger partial charge in [-0.25, -0.2) is 0 Å². The molecule has 0 amide bonds. The number of ether oxygens (including phenoxy) is 2. The number of ketones is 1. The largest absolute Gasteiger partial charge is 0.493 e. The molecule has 4 nitrogen and oxygen atoms in total. The third-order valence-electron chi connectivity index (χ3n) is 2.92.